The van der Waals surface area contributed by atoms with Gasteiger partial charge in [0.25, 0.3) is 0 Å². The van der Waals surface area contributed by atoms with E-state index in [9.17, 15) is 4.79 Å². The average molecular weight is 218 g/mol. The number of para-hydroxylation sites is 1. The van der Waals surface area contributed by atoms with E-state index in [0.29, 0.717) is 6.04 Å². The highest BCUT2D eigenvalue weighted by atomic mass is 16.2. The minimum Gasteiger partial charge on any atom is -0.374 e. The molecule has 1 fully saturated rings. The summed E-state index contributed by atoms with van der Waals surface area (Å²) in [5.41, 5.74) is 2.19. The van der Waals surface area contributed by atoms with Gasteiger partial charge in [-0.3, -0.25) is 4.79 Å². The van der Waals surface area contributed by atoms with Gasteiger partial charge < -0.3 is 10.6 Å². The molecule has 0 radical (unpaired) electrons. The van der Waals surface area contributed by atoms with E-state index in [1.54, 1.807) is 0 Å². The Morgan fingerprint density at radius 2 is 2.06 bits per heavy atom. The Kier molecular flexibility index (Phi) is 3.13. The average Bonchev–Trinajstić information content (AvgIpc) is 3.05. The van der Waals surface area contributed by atoms with Crippen LogP contribution in [0.15, 0.2) is 24.3 Å². The second-order valence-corrected chi connectivity index (χ2v) is 4.46. The monoisotopic (exact) mass is 218 g/mol. The zero-order chi connectivity index (χ0) is 11.5. The first kappa shape index (κ1) is 11.0. The number of anilines is 1. The second kappa shape index (κ2) is 4.56. The normalized spacial score (nSPS) is 16.6. The molecule has 1 aliphatic rings. The first-order chi connectivity index (χ1) is 7.66. The summed E-state index contributed by atoms with van der Waals surface area (Å²) in [4.78, 5) is 11.7. The van der Waals surface area contributed by atoms with Gasteiger partial charge in [-0.25, -0.2) is 0 Å². The molecule has 0 aromatic heterocycles. The minimum absolute atomic E-state index is 0.0887. The van der Waals surface area contributed by atoms with Crippen molar-refractivity contribution in [1.82, 2.24) is 5.32 Å². The van der Waals surface area contributed by atoms with Crippen LogP contribution in [-0.2, 0) is 4.79 Å². The fraction of sp³-hybridized carbons (Fsp3) is 0.462. The molecule has 3 heteroatoms. The highest BCUT2D eigenvalue weighted by Crippen LogP contribution is 2.19. The van der Waals surface area contributed by atoms with Gasteiger partial charge in [0.1, 0.15) is 6.04 Å². The van der Waals surface area contributed by atoms with E-state index in [1.807, 2.05) is 38.1 Å². The van der Waals surface area contributed by atoms with E-state index in [2.05, 4.69) is 10.6 Å². The number of rotatable bonds is 4. The van der Waals surface area contributed by atoms with Gasteiger partial charge in [-0.15, -0.1) is 0 Å². The van der Waals surface area contributed by atoms with Crippen molar-refractivity contribution in [2.45, 2.75) is 38.8 Å². The molecule has 1 aromatic rings. The van der Waals surface area contributed by atoms with Gasteiger partial charge in [0, 0.05) is 11.7 Å². The molecule has 1 aromatic carbocycles. The number of hydrogen-bond donors (Lipinski definition) is 2. The quantitative estimate of drug-likeness (QED) is 0.812. The molecule has 0 aliphatic heterocycles. The van der Waals surface area contributed by atoms with E-state index in [0.717, 1.165) is 24.1 Å². The zero-order valence-corrected chi connectivity index (χ0v) is 9.79. The van der Waals surface area contributed by atoms with Crippen LogP contribution in [0.25, 0.3) is 0 Å². The Balaban J connectivity index is 1.92. The van der Waals surface area contributed by atoms with Gasteiger partial charge >= 0.3 is 0 Å². The molecule has 0 heterocycles. The van der Waals surface area contributed by atoms with Crippen molar-refractivity contribution in [1.29, 1.82) is 0 Å². The van der Waals surface area contributed by atoms with Gasteiger partial charge in [-0.1, -0.05) is 18.2 Å². The van der Waals surface area contributed by atoms with Crippen LogP contribution in [0.3, 0.4) is 0 Å². The highest BCUT2D eigenvalue weighted by Gasteiger charge is 2.25. The van der Waals surface area contributed by atoms with Crippen molar-refractivity contribution >= 4 is 11.6 Å². The standard InChI is InChI=1S/C13H18N2O/c1-9-5-3-4-6-12(9)14-10(2)13(16)15-11-7-8-11/h3-6,10-11,14H,7-8H2,1-2H3,(H,15,16). The Morgan fingerprint density at radius 3 is 2.69 bits per heavy atom. The molecule has 16 heavy (non-hydrogen) atoms. The lowest BCUT2D eigenvalue weighted by Crippen LogP contribution is -2.38. The molecule has 0 bridgehead atoms. The summed E-state index contributed by atoms with van der Waals surface area (Å²) in [6.07, 6.45) is 2.26. The van der Waals surface area contributed by atoms with Gasteiger partial charge in [0.2, 0.25) is 5.91 Å². The smallest absolute Gasteiger partial charge is 0.242 e. The largest absolute Gasteiger partial charge is 0.374 e. The predicted octanol–water partition coefficient (Wildman–Crippen LogP) is 2.07. The van der Waals surface area contributed by atoms with E-state index < -0.39 is 0 Å². The lowest BCUT2D eigenvalue weighted by molar-refractivity contribution is -0.121. The van der Waals surface area contributed by atoms with Crippen LogP contribution in [0, 0.1) is 6.92 Å². The fourth-order valence-corrected chi connectivity index (χ4v) is 1.59. The highest BCUT2D eigenvalue weighted by molar-refractivity contribution is 5.84. The third-order valence-corrected chi connectivity index (χ3v) is 2.83. The van der Waals surface area contributed by atoms with Crippen molar-refractivity contribution in [2.75, 3.05) is 5.32 Å². The third-order valence-electron chi connectivity index (χ3n) is 2.83. The number of carbonyl (C=O) groups is 1. The van der Waals surface area contributed by atoms with Crippen LogP contribution < -0.4 is 10.6 Å². The van der Waals surface area contributed by atoms with E-state index in [4.69, 9.17) is 0 Å². The first-order valence-corrected chi connectivity index (χ1v) is 5.79. The number of hydrogen-bond acceptors (Lipinski definition) is 2. The predicted molar refractivity (Wildman–Crippen MR) is 65.4 cm³/mol. The third kappa shape index (κ3) is 2.75. The van der Waals surface area contributed by atoms with Crippen molar-refractivity contribution < 1.29 is 4.79 Å². The molecule has 1 saturated carbocycles. The molecule has 1 atom stereocenters. The van der Waals surface area contributed by atoms with Crippen LogP contribution in [0.1, 0.15) is 25.3 Å². The SMILES string of the molecule is Cc1ccccc1NC(C)C(=O)NC1CC1. The molecule has 0 spiro atoms. The maximum Gasteiger partial charge on any atom is 0.242 e. The Bertz CT molecular complexity index is 385. The number of benzene rings is 1. The fourth-order valence-electron chi connectivity index (χ4n) is 1.59. The molecule has 1 amide bonds. The Hall–Kier alpha value is -1.51. The summed E-state index contributed by atoms with van der Waals surface area (Å²) < 4.78 is 0. The van der Waals surface area contributed by atoms with Crippen LogP contribution in [0.4, 0.5) is 5.69 Å². The first-order valence-electron chi connectivity index (χ1n) is 5.79. The summed E-state index contributed by atoms with van der Waals surface area (Å²) in [5, 5.41) is 6.22. The summed E-state index contributed by atoms with van der Waals surface area (Å²) in [6.45, 7) is 3.93. The minimum atomic E-state index is -0.179. The lowest BCUT2D eigenvalue weighted by atomic mass is 10.2. The Morgan fingerprint density at radius 1 is 1.38 bits per heavy atom. The topological polar surface area (TPSA) is 41.1 Å². The molecular weight excluding hydrogens is 200 g/mol. The molecule has 2 rings (SSSR count). The van der Waals surface area contributed by atoms with Crippen LogP contribution >= 0.6 is 0 Å². The molecule has 0 saturated heterocycles. The molecule has 1 aliphatic carbocycles. The number of amides is 1. The Labute approximate surface area is 96.2 Å². The zero-order valence-electron chi connectivity index (χ0n) is 9.79. The lowest BCUT2D eigenvalue weighted by Gasteiger charge is -2.16. The summed E-state index contributed by atoms with van der Waals surface area (Å²) in [7, 11) is 0. The van der Waals surface area contributed by atoms with E-state index >= 15 is 0 Å². The number of aryl methyl sites for hydroxylation is 1. The van der Waals surface area contributed by atoms with Crippen molar-refractivity contribution in [3.05, 3.63) is 29.8 Å². The molecule has 3 nitrogen and oxygen atoms in total. The van der Waals surface area contributed by atoms with Crippen molar-refractivity contribution in [3.63, 3.8) is 0 Å². The van der Waals surface area contributed by atoms with E-state index in [1.165, 1.54) is 0 Å². The van der Waals surface area contributed by atoms with Gasteiger partial charge in [-0.2, -0.15) is 0 Å². The van der Waals surface area contributed by atoms with Gasteiger partial charge in [-0.05, 0) is 38.3 Å². The van der Waals surface area contributed by atoms with Crippen molar-refractivity contribution in [3.8, 4) is 0 Å². The van der Waals surface area contributed by atoms with Gasteiger partial charge in [0.05, 0.1) is 0 Å². The maximum atomic E-state index is 11.7. The number of nitrogens with one attached hydrogen (secondary N) is 2. The molecule has 2 N–H and O–H groups in total. The molecular formula is C13H18N2O. The second-order valence-electron chi connectivity index (χ2n) is 4.46. The summed E-state index contributed by atoms with van der Waals surface area (Å²) >= 11 is 0. The van der Waals surface area contributed by atoms with Crippen LogP contribution in [0.2, 0.25) is 0 Å². The number of carbonyl (C=O) groups excluding carboxylic acids is 1. The maximum absolute atomic E-state index is 11.7. The molecule has 86 valence electrons. The summed E-state index contributed by atoms with van der Waals surface area (Å²) in [6, 6.07) is 8.25. The summed E-state index contributed by atoms with van der Waals surface area (Å²) in [5.74, 6) is 0.0887. The van der Waals surface area contributed by atoms with Crippen LogP contribution in [0.5, 0.6) is 0 Å². The van der Waals surface area contributed by atoms with Crippen LogP contribution in [-0.4, -0.2) is 18.0 Å². The van der Waals surface area contributed by atoms with Crippen molar-refractivity contribution in [2.24, 2.45) is 0 Å². The van der Waals surface area contributed by atoms with Gasteiger partial charge in [0.15, 0.2) is 0 Å². The van der Waals surface area contributed by atoms with E-state index in [-0.39, 0.29) is 11.9 Å². The molecule has 1 unspecified atom stereocenters.